The summed E-state index contributed by atoms with van der Waals surface area (Å²) in [4.78, 5) is 11.2. The van der Waals surface area contributed by atoms with Gasteiger partial charge in [0, 0.05) is 16.1 Å². The third-order valence-electron chi connectivity index (χ3n) is 2.43. The summed E-state index contributed by atoms with van der Waals surface area (Å²) in [6.07, 6.45) is 2.46. The molecule has 3 nitrogen and oxygen atoms in total. The van der Waals surface area contributed by atoms with E-state index in [1.54, 1.807) is 0 Å². The summed E-state index contributed by atoms with van der Waals surface area (Å²) in [6.45, 7) is 20.1. The van der Waals surface area contributed by atoms with E-state index in [2.05, 4.69) is 52.8 Å². The lowest BCUT2D eigenvalue weighted by Crippen LogP contribution is -2.24. The molecule has 0 rings (SSSR count). The number of carbonyl (C=O) groups excluding carboxylic acids is 1. The van der Waals surface area contributed by atoms with Gasteiger partial charge >= 0.3 is 6.16 Å². The van der Waals surface area contributed by atoms with E-state index in [0.717, 1.165) is 18.5 Å². The first kappa shape index (κ1) is 21.7. The van der Waals surface area contributed by atoms with Crippen molar-refractivity contribution in [1.82, 2.24) is 0 Å². The van der Waals surface area contributed by atoms with Crippen LogP contribution in [0.4, 0.5) is 4.79 Å². The van der Waals surface area contributed by atoms with Gasteiger partial charge in [-0.1, -0.05) is 52.3 Å². The molecule has 0 radical (unpaired) electrons. The highest BCUT2D eigenvalue weighted by Gasteiger charge is 2.16. The summed E-state index contributed by atoms with van der Waals surface area (Å²) in [6, 6.07) is 1.99. The molecule has 0 bridgehead atoms. The summed E-state index contributed by atoms with van der Waals surface area (Å²) in [5.74, 6) is 0. The molecule has 0 aromatic rings. The summed E-state index contributed by atoms with van der Waals surface area (Å²) in [5, 5.41) is 0. The number of hydrogen-bond acceptors (Lipinski definition) is 3. The Labute approximate surface area is 127 Å². The Kier molecular flexibility index (Phi) is 12.1. The van der Waals surface area contributed by atoms with Crippen molar-refractivity contribution in [3.63, 3.8) is 0 Å². The maximum Gasteiger partial charge on any atom is 0.508 e. The molecule has 0 saturated carbocycles. The van der Waals surface area contributed by atoms with Crippen molar-refractivity contribution in [1.29, 1.82) is 0 Å². The summed E-state index contributed by atoms with van der Waals surface area (Å²) in [5.41, 5.74) is 0. The van der Waals surface area contributed by atoms with Gasteiger partial charge in [-0.3, -0.25) is 0 Å². The fourth-order valence-electron chi connectivity index (χ4n) is 0.923. The fraction of sp³-hybridized carbons (Fsp3) is 0.800. The van der Waals surface area contributed by atoms with Crippen molar-refractivity contribution in [3.8, 4) is 0 Å². The zero-order chi connectivity index (χ0) is 16.2. The largest absolute Gasteiger partial charge is 0.508 e. The maximum atomic E-state index is 11.2. The molecular formula is C15H34O3Si2. The Morgan fingerprint density at radius 2 is 1.25 bits per heavy atom. The zero-order valence-electron chi connectivity index (χ0n) is 14.5. The Morgan fingerprint density at radius 3 is 1.45 bits per heavy atom. The molecule has 0 aliphatic carbocycles. The Hall–Kier alpha value is -0.556. The first-order valence-corrected chi connectivity index (χ1v) is 14.8. The molecule has 0 spiro atoms. The quantitative estimate of drug-likeness (QED) is 0.358. The highest BCUT2D eigenvalue weighted by molar-refractivity contribution is 6.76. The van der Waals surface area contributed by atoms with Crippen LogP contribution < -0.4 is 0 Å². The molecule has 0 fully saturated rings. The maximum absolute atomic E-state index is 11.2. The number of carbonyl (C=O) groups is 1. The van der Waals surface area contributed by atoms with E-state index in [1.807, 2.05) is 6.08 Å². The van der Waals surface area contributed by atoms with Crippen molar-refractivity contribution in [2.45, 2.75) is 64.7 Å². The van der Waals surface area contributed by atoms with Crippen LogP contribution in [-0.2, 0) is 9.47 Å². The minimum absolute atomic E-state index is 0.501. The summed E-state index contributed by atoms with van der Waals surface area (Å²) >= 11 is 0. The van der Waals surface area contributed by atoms with Gasteiger partial charge in [-0.05, 0) is 18.5 Å². The molecule has 0 N–H and O–H groups in total. The predicted molar refractivity (Wildman–Crippen MR) is 94.1 cm³/mol. The van der Waals surface area contributed by atoms with Gasteiger partial charge in [-0.25, -0.2) is 4.79 Å². The van der Waals surface area contributed by atoms with Gasteiger partial charge in [0.1, 0.15) is 0 Å². The fourth-order valence-corrected chi connectivity index (χ4v) is 2.35. The topological polar surface area (TPSA) is 35.5 Å². The van der Waals surface area contributed by atoms with E-state index in [0.29, 0.717) is 13.2 Å². The van der Waals surface area contributed by atoms with Gasteiger partial charge in [0.25, 0.3) is 0 Å². The molecule has 0 aliphatic rings. The lowest BCUT2D eigenvalue weighted by Gasteiger charge is -2.16. The Morgan fingerprint density at radius 1 is 0.950 bits per heavy atom. The summed E-state index contributed by atoms with van der Waals surface area (Å²) in [7, 11) is -2.22. The average Bonchev–Trinajstić information content (AvgIpc) is 2.26. The number of rotatable bonds is 7. The third-order valence-corrected chi connectivity index (χ3v) is 5.84. The lowest BCUT2D eigenvalue weighted by atomic mass is 10.5. The molecule has 0 aromatic carbocycles. The van der Waals surface area contributed by atoms with Gasteiger partial charge in [-0.15, -0.1) is 6.58 Å². The van der Waals surface area contributed by atoms with Crippen molar-refractivity contribution < 1.29 is 14.3 Å². The van der Waals surface area contributed by atoms with Crippen LogP contribution in [0.1, 0.15) is 13.3 Å². The smallest absolute Gasteiger partial charge is 0.435 e. The lowest BCUT2D eigenvalue weighted by molar-refractivity contribution is 0.0626. The van der Waals surface area contributed by atoms with E-state index >= 15 is 0 Å². The second kappa shape index (κ2) is 11.1. The normalized spacial score (nSPS) is 11.2. The van der Waals surface area contributed by atoms with E-state index < -0.39 is 22.3 Å². The monoisotopic (exact) mass is 318 g/mol. The standard InChI is InChI=1S/C11H26O3Si2.C4H8/c1-15(2,3)9-7-13-11(12)14-8-10-16(4,5)6;1-3-4-2/h7-10H2,1-6H3;3H,1,4H2,2H3. The molecule has 120 valence electrons. The first-order chi connectivity index (χ1) is 9.02. The van der Waals surface area contributed by atoms with Crippen LogP contribution in [0.5, 0.6) is 0 Å². The van der Waals surface area contributed by atoms with Crippen LogP contribution in [0.25, 0.3) is 0 Å². The summed E-state index contributed by atoms with van der Waals surface area (Å²) < 4.78 is 10.0. The van der Waals surface area contributed by atoms with Crippen molar-refractivity contribution in [2.24, 2.45) is 0 Å². The minimum Gasteiger partial charge on any atom is -0.435 e. The molecule has 0 atom stereocenters. The van der Waals surface area contributed by atoms with E-state index in [-0.39, 0.29) is 0 Å². The second-order valence-corrected chi connectivity index (χ2v) is 18.5. The molecule has 0 amide bonds. The zero-order valence-corrected chi connectivity index (χ0v) is 16.5. The molecule has 0 unspecified atom stereocenters. The van der Waals surface area contributed by atoms with Gasteiger partial charge in [0.2, 0.25) is 0 Å². The molecule has 20 heavy (non-hydrogen) atoms. The number of hydrogen-bond donors (Lipinski definition) is 0. The van der Waals surface area contributed by atoms with Crippen LogP contribution in [0.3, 0.4) is 0 Å². The van der Waals surface area contributed by atoms with Gasteiger partial charge < -0.3 is 9.47 Å². The Balaban J connectivity index is 0. The molecule has 5 heteroatoms. The van der Waals surface area contributed by atoms with Gasteiger partial charge in [0.15, 0.2) is 0 Å². The molecule has 0 aromatic heterocycles. The van der Waals surface area contributed by atoms with E-state index in [4.69, 9.17) is 9.47 Å². The number of allylic oxidation sites excluding steroid dienone is 1. The van der Waals surface area contributed by atoms with Crippen LogP contribution in [0.2, 0.25) is 51.4 Å². The van der Waals surface area contributed by atoms with Crippen molar-refractivity contribution in [3.05, 3.63) is 12.7 Å². The highest BCUT2D eigenvalue weighted by Crippen LogP contribution is 2.09. The van der Waals surface area contributed by atoms with Gasteiger partial charge in [-0.2, -0.15) is 0 Å². The van der Waals surface area contributed by atoms with E-state index in [1.165, 1.54) is 0 Å². The first-order valence-electron chi connectivity index (χ1n) is 7.42. The Bertz CT molecular complexity index is 243. The number of ether oxygens (including phenoxy) is 2. The van der Waals surface area contributed by atoms with Gasteiger partial charge in [0.05, 0.1) is 13.2 Å². The van der Waals surface area contributed by atoms with Crippen LogP contribution in [0, 0.1) is 0 Å². The SMILES string of the molecule is C=CCC.C[Si](C)(C)CCOC(=O)OCC[Si](C)(C)C. The molecular weight excluding hydrogens is 284 g/mol. The highest BCUT2D eigenvalue weighted by atomic mass is 28.3. The minimum atomic E-state index is -1.11. The third kappa shape index (κ3) is 22.6. The van der Waals surface area contributed by atoms with Crippen molar-refractivity contribution in [2.75, 3.05) is 13.2 Å². The van der Waals surface area contributed by atoms with Crippen LogP contribution in [0.15, 0.2) is 12.7 Å². The molecule has 0 heterocycles. The van der Waals surface area contributed by atoms with E-state index in [9.17, 15) is 4.79 Å². The predicted octanol–water partition coefficient (Wildman–Crippen LogP) is 5.40. The molecule has 0 aliphatic heterocycles. The van der Waals surface area contributed by atoms with Crippen LogP contribution in [-0.4, -0.2) is 35.5 Å². The van der Waals surface area contributed by atoms with Crippen LogP contribution >= 0.6 is 0 Å². The average molecular weight is 319 g/mol. The second-order valence-electron chi connectivity index (χ2n) is 7.27. The molecule has 0 saturated heterocycles. The van der Waals surface area contributed by atoms with Crippen molar-refractivity contribution >= 4 is 22.3 Å².